The molecule has 2 amide bonds. The van der Waals surface area contributed by atoms with Gasteiger partial charge >= 0.3 is 0 Å². The van der Waals surface area contributed by atoms with Crippen LogP contribution in [0.1, 0.15) is 38.2 Å². The molecule has 2 aromatic carbocycles. The molecule has 0 heterocycles. The number of carbonyl (C=O) groups excluding carboxylic acids is 2. The summed E-state index contributed by atoms with van der Waals surface area (Å²) >= 11 is 9.36. The van der Waals surface area contributed by atoms with Gasteiger partial charge in [0.2, 0.25) is 5.91 Å². The fourth-order valence-electron chi connectivity index (χ4n) is 3.52. The molecule has 1 saturated carbocycles. The highest BCUT2D eigenvalue weighted by atomic mass is 79.9. The molecule has 1 N–H and O–H groups in total. The van der Waals surface area contributed by atoms with Gasteiger partial charge in [0.15, 0.2) is 6.61 Å². The first-order chi connectivity index (χ1) is 14.4. The molecule has 160 valence electrons. The van der Waals surface area contributed by atoms with Crippen molar-refractivity contribution < 1.29 is 14.3 Å². The van der Waals surface area contributed by atoms with Crippen LogP contribution in [0.25, 0.3) is 0 Å². The maximum atomic E-state index is 13.0. The number of amides is 2. The molecule has 1 aliphatic rings. The zero-order valence-electron chi connectivity index (χ0n) is 16.9. The Morgan fingerprint density at radius 2 is 1.77 bits per heavy atom. The van der Waals surface area contributed by atoms with E-state index in [2.05, 4.69) is 21.2 Å². The first-order valence-electron chi connectivity index (χ1n) is 10.1. The minimum atomic E-state index is -0.609. The molecule has 1 atom stereocenters. The van der Waals surface area contributed by atoms with E-state index in [0.29, 0.717) is 17.3 Å². The van der Waals surface area contributed by atoms with Gasteiger partial charge in [-0.25, -0.2) is 0 Å². The zero-order chi connectivity index (χ0) is 21.5. The molecule has 30 heavy (non-hydrogen) atoms. The van der Waals surface area contributed by atoms with Crippen LogP contribution in [0.15, 0.2) is 53.0 Å². The second-order valence-electron chi connectivity index (χ2n) is 7.56. The SMILES string of the molecule is C[C@@H](C(=O)NC1CCCC1)N(Cc1ccc(Cl)cc1)C(=O)COc1ccc(Br)cc1. The molecule has 0 aromatic heterocycles. The van der Waals surface area contributed by atoms with E-state index in [4.69, 9.17) is 16.3 Å². The van der Waals surface area contributed by atoms with Crippen LogP contribution in [-0.2, 0) is 16.1 Å². The lowest BCUT2D eigenvalue weighted by molar-refractivity contribution is -0.142. The van der Waals surface area contributed by atoms with Crippen molar-refractivity contribution in [3.05, 3.63) is 63.6 Å². The summed E-state index contributed by atoms with van der Waals surface area (Å²) in [5.41, 5.74) is 0.900. The molecule has 0 aliphatic heterocycles. The van der Waals surface area contributed by atoms with Gasteiger partial charge in [-0.2, -0.15) is 0 Å². The number of ether oxygens (including phenoxy) is 1. The molecule has 0 saturated heterocycles. The maximum Gasteiger partial charge on any atom is 0.261 e. The van der Waals surface area contributed by atoms with E-state index in [0.717, 1.165) is 35.7 Å². The summed E-state index contributed by atoms with van der Waals surface area (Å²) in [6.07, 6.45) is 4.26. The van der Waals surface area contributed by atoms with Crippen molar-refractivity contribution in [2.24, 2.45) is 0 Å². The Balaban J connectivity index is 1.69. The Kier molecular flexibility index (Phi) is 8.16. The van der Waals surface area contributed by atoms with Gasteiger partial charge in [0.1, 0.15) is 11.8 Å². The summed E-state index contributed by atoms with van der Waals surface area (Å²) < 4.78 is 6.59. The number of nitrogens with one attached hydrogen (secondary N) is 1. The van der Waals surface area contributed by atoms with Crippen LogP contribution in [0.5, 0.6) is 5.75 Å². The predicted molar refractivity (Wildman–Crippen MR) is 121 cm³/mol. The van der Waals surface area contributed by atoms with Crippen molar-refractivity contribution >= 4 is 39.3 Å². The fraction of sp³-hybridized carbons (Fsp3) is 0.391. The molecule has 0 spiro atoms. The van der Waals surface area contributed by atoms with Crippen LogP contribution in [0.4, 0.5) is 0 Å². The highest BCUT2D eigenvalue weighted by Gasteiger charge is 2.28. The fourth-order valence-corrected chi connectivity index (χ4v) is 3.91. The minimum Gasteiger partial charge on any atom is -0.484 e. The summed E-state index contributed by atoms with van der Waals surface area (Å²) in [7, 11) is 0. The molecule has 5 nitrogen and oxygen atoms in total. The Morgan fingerprint density at radius 3 is 2.40 bits per heavy atom. The van der Waals surface area contributed by atoms with Crippen molar-refractivity contribution in [2.45, 2.75) is 51.2 Å². The van der Waals surface area contributed by atoms with Crippen LogP contribution in [0.3, 0.4) is 0 Å². The third-order valence-corrected chi connectivity index (χ3v) is 6.09. The van der Waals surface area contributed by atoms with Crippen molar-refractivity contribution in [2.75, 3.05) is 6.61 Å². The molecule has 3 rings (SSSR count). The summed E-state index contributed by atoms with van der Waals surface area (Å²) in [6.45, 7) is 1.92. The highest BCUT2D eigenvalue weighted by Crippen LogP contribution is 2.20. The molecule has 0 bridgehead atoms. The monoisotopic (exact) mass is 492 g/mol. The van der Waals surface area contributed by atoms with Crippen LogP contribution in [0.2, 0.25) is 5.02 Å². The van der Waals surface area contributed by atoms with Crippen molar-refractivity contribution in [3.8, 4) is 5.75 Å². The summed E-state index contributed by atoms with van der Waals surface area (Å²) in [5.74, 6) is 0.218. The van der Waals surface area contributed by atoms with Crippen molar-refractivity contribution in [1.82, 2.24) is 10.2 Å². The molecule has 2 aromatic rings. The number of hydrogen-bond acceptors (Lipinski definition) is 3. The third kappa shape index (κ3) is 6.47. The highest BCUT2D eigenvalue weighted by molar-refractivity contribution is 9.10. The lowest BCUT2D eigenvalue weighted by Crippen LogP contribution is -2.50. The van der Waals surface area contributed by atoms with Gasteiger partial charge in [-0.15, -0.1) is 0 Å². The number of hydrogen-bond donors (Lipinski definition) is 1. The Morgan fingerprint density at radius 1 is 1.13 bits per heavy atom. The molecule has 0 unspecified atom stereocenters. The van der Waals surface area contributed by atoms with E-state index in [9.17, 15) is 9.59 Å². The molecular formula is C23H26BrClN2O3. The smallest absolute Gasteiger partial charge is 0.261 e. The summed E-state index contributed by atoms with van der Waals surface area (Å²) in [4.78, 5) is 27.4. The maximum absolute atomic E-state index is 13.0. The number of nitrogens with zero attached hydrogens (tertiary/aromatic N) is 1. The molecular weight excluding hydrogens is 468 g/mol. The van der Waals surface area contributed by atoms with E-state index in [1.54, 1.807) is 36.1 Å². The van der Waals surface area contributed by atoms with Gasteiger partial charge in [0, 0.05) is 22.1 Å². The topological polar surface area (TPSA) is 58.6 Å². The van der Waals surface area contributed by atoms with Crippen LogP contribution in [0, 0.1) is 0 Å². The quantitative estimate of drug-likeness (QED) is 0.566. The van der Waals surface area contributed by atoms with E-state index < -0.39 is 6.04 Å². The lowest BCUT2D eigenvalue weighted by Gasteiger charge is -2.29. The van der Waals surface area contributed by atoms with Gasteiger partial charge < -0.3 is 15.0 Å². The molecule has 1 aliphatic carbocycles. The van der Waals surface area contributed by atoms with Crippen molar-refractivity contribution in [3.63, 3.8) is 0 Å². The zero-order valence-corrected chi connectivity index (χ0v) is 19.3. The van der Waals surface area contributed by atoms with E-state index >= 15 is 0 Å². The van der Waals surface area contributed by atoms with Gasteiger partial charge in [0.05, 0.1) is 0 Å². The Hall–Kier alpha value is -2.05. The predicted octanol–water partition coefficient (Wildman–Crippen LogP) is 4.96. The summed E-state index contributed by atoms with van der Waals surface area (Å²) in [5, 5.41) is 3.72. The first-order valence-corrected chi connectivity index (χ1v) is 11.3. The Labute approximate surface area is 190 Å². The number of halogens is 2. The third-order valence-electron chi connectivity index (χ3n) is 5.31. The largest absolute Gasteiger partial charge is 0.484 e. The van der Waals surface area contributed by atoms with E-state index in [1.165, 1.54) is 0 Å². The number of benzene rings is 2. The first kappa shape index (κ1) is 22.6. The molecule has 0 radical (unpaired) electrons. The van der Waals surface area contributed by atoms with Gasteiger partial charge in [-0.05, 0) is 61.7 Å². The van der Waals surface area contributed by atoms with Gasteiger partial charge in [-0.1, -0.05) is 52.5 Å². The van der Waals surface area contributed by atoms with E-state index in [1.807, 2.05) is 24.3 Å². The standard InChI is InChI=1S/C23H26BrClN2O3/c1-16(23(29)26-20-4-2-3-5-20)27(14-17-6-10-19(25)11-7-17)22(28)15-30-21-12-8-18(24)9-13-21/h6-13,16,20H,2-5,14-15H2,1H3,(H,26,29)/t16-/m0/s1. The van der Waals surface area contributed by atoms with Gasteiger partial charge in [0.25, 0.3) is 5.91 Å². The van der Waals surface area contributed by atoms with Crippen LogP contribution in [-0.4, -0.2) is 35.4 Å². The molecule has 7 heteroatoms. The van der Waals surface area contributed by atoms with E-state index in [-0.39, 0.29) is 24.5 Å². The molecule has 1 fully saturated rings. The van der Waals surface area contributed by atoms with Crippen LogP contribution < -0.4 is 10.1 Å². The Bertz CT molecular complexity index is 852. The number of carbonyl (C=O) groups is 2. The van der Waals surface area contributed by atoms with Crippen molar-refractivity contribution in [1.29, 1.82) is 0 Å². The van der Waals surface area contributed by atoms with Crippen LogP contribution >= 0.6 is 27.5 Å². The summed E-state index contributed by atoms with van der Waals surface area (Å²) in [6, 6.07) is 14.1. The van der Waals surface area contributed by atoms with Gasteiger partial charge in [-0.3, -0.25) is 9.59 Å². The number of rotatable bonds is 8. The minimum absolute atomic E-state index is 0.132. The second-order valence-corrected chi connectivity index (χ2v) is 8.91. The second kappa shape index (κ2) is 10.8. The lowest BCUT2D eigenvalue weighted by atomic mass is 10.1. The normalized spacial score (nSPS) is 14.9. The average molecular weight is 494 g/mol. The average Bonchev–Trinajstić information content (AvgIpc) is 3.25.